The second-order valence-corrected chi connectivity index (χ2v) is 11.8. The summed E-state index contributed by atoms with van der Waals surface area (Å²) in [5, 5.41) is 8.96. The topological polar surface area (TPSA) is 91.7 Å². The fourth-order valence-corrected chi connectivity index (χ4v) is 5.14. The maximum Gasteiger partial charge on any atom is 0.316 e. The average molecular weight is 655 g/mol. The molecular formula is C35H63ClN4O5. The van der Waals surface area contributed by atoms with Gasteiger partial charge in [0.15, 0.2) is 0 Å². The summed E-state index contributed by atoms with van der Waals surface area (Å²) in [7, 11) is 0. The first-order chi connectivity index (χ1) is 21.8. The van der Waals surface area contributed by atoms with Gasteiger partial charge in [-0.15, -0.1) is 0 Å². The number of hydrogen-bond acceptors (Lipinski definition) is 7. The van der Waals surface area contributed by atoms with Crippen molar-refractivity contribution in [1.82, 2.24) is 14.5 Å². The Labute approximate surface area is 279 Å². The van der Waals surface area contributed by atoms with Gasteiger partial charge in [0, 0.05) is 32.0 Å². The van der Waals surface area contributed by atoms with Crippen molar-refractivity contribution in [3.05, 3.63) is 37.2 Å². The molecule has 0 fully saturated rings. The van der Waals surface area contributed by atoms with Crippen molar-refractivity contribution in [3.63, 3.8) is 0 Å². The molecule has 0 aliphatic rings. The van der Waals surface area contributed by atoms with E-state index >= 15 is 0 Å². The van der Waals surface area contributed by atoms with Gasteiger partial charge in [-0.25, -0.2) is 19.1 Å². The molecule has 2 aromatic rings. The molecule has 45 heavy (non-hydrogen) atoms. The van der Waals surface area contributed by atoms with Crippen LogP contribution in [-0.2, 0) is 27.3 Å². The largest absolute Gasteiger partial charge is 1.00 e. The quantitative estimate of drug-likeness (QED) is 0.0950. The van der Waals surface area contributed by atoms with Crippen LogP contribution in [0.15, 0.2) is 37.2 Å². The highest BCUT2D eigenvalue weighted by Gasteiger charge is 2.13. The van der Waals surface area contributed by atoms with Crippen molar-refractivity contribution in [2.75, 3.05) is 46.2 Å². The van der Waals surface area contributed by atoms with E-state index in [0.29, 0.717) is 39.0 Å². The summed E-state index contributed by atoms with van der Waals surface area (Å²) in [6.07, 6.45) is 31.7. The Kier molecular flexibility index (Phi) is 28.3. The monoisotopic (exact) mass is 654 g/mol. The second kappa shape index (κ2) is 30.9. The number of unbranched alkanes of at least 4 members (excludes halogenated alkanes) is 15. The van der Waals surface area contributed by atoms with E-state index in [1.165, 1.54) is 96.3 Å². The number of aromatic nitrogens is 4. The molecule has 2 rings (SSSR count). The van der Waals surface area contributed by atoms with Gasteiger partial charge in [0.1, 0.15) is 25.0 Å². The summed E-state index contributed by atoms with van der Waals surface area (Å²) in [6, 6.07) is 2.11. The SMILES string of the molecule is CCCCCCCCCCCCCCCCCCOCC(COCCOCCn1cc[n+](CCCO)c1)Oc1ncccn1.[Cl-]. The van der Waals surface area contributed by atoms with Crippen LogP contribution in [0.1, 0.15) is 116 Å². The predicted molar refractivity (Wildman–Crippen MR) is 175 cm³/mol. The summed E-state index contributed by atoms with van der Waals surface area (Å²) < 4.78 is 27.6. The number of imidazole rings is 1. The van der Waals surface area contributed by atoms with Crippen molar-refractivity contribution in [2.24, 2.45) is 0 Å². The fraction of sp³-hybridized carbons (Fsp3) is 0.800. The van der Waals surface area contributed by atoms with Gasteiger partial charge >= 0.3 is 6.01 Å². The Morgan fingerprint density at radius 1 is 0.711 bits per heavy atom. The van der Waals surface area contributed by atoms with E-state index in [1.54, 1.807) is 18.5 Å². The van der Waals surface area contributed by atoms with Gasteiger partial charge in [0.25, 0.3) is 0 Å². The van der Waals surface area contributed by atoms with Gasteiger partial charge in [0.05, 0.1) is 39.6 Å². The highest BCUT2D eigenvalue weighted by molar-refractivity contribution is 4.94. The lowest BCUT2D eigenvalue weighted by Gasteiger charge is -2.18. The van der Waals surface area contributed by atoms with E-state index in [0.717, 1.165) is 32.5 Å². The Morgan fingerprint density at radius 3 is 1.87 bits per heavy atom. The number of aryl methyl sites for hydroxylation is 1. The van der Waals surface area contributed by atoms with Crippen LogP contribution in [-0.4, -0.2) is 72.0 Å². The third-order valence-corrected chi connectivity index (χ3v) is 7.75. The molecular weight excluding hydrogens is 592 g/mol. The van der Waals surface area contributed by atoms with Crippen molar-refractivity contribution in [1.29, 1.82) is 0 Å². The highest BCUT2D eigenvalue weighted by atomic mass is 35.5. The Hall–Kier alpha value is -1.78. The number of ether oxygens (including phenoxy) is 4. The predicted octanol–water partition coefficient (Wildman–Crippen LogP) is 3.71. The maximum atomic E-state index is 8.96. The van der Waals surface area contributed by atoms with Gasteiger partial charge in [-0.05, 0) is 12.5 Å². The van der Waals surface area contributed by atoms with E-state index in [4.69, 9.17) is 24.1 Å². The molecule has 0 spiro atoms. The van der Waals surface area contributed by atoms with Crippen LogP contribution in [0, 0.1) is 0 Å². The fourth-order valence-electron chi connectivity index (χ4n) is 5.14. The third kappa shape index (κ3) is 24.1. The highest BCUT2D eigenvalue weighted by Crippen LogP contribution is 2.14. The van der Waals surface area contributed by atoms with Gasteiger partial charge < -0.3 is 36.5 Å². The van der Waals surface area contributed by atoms with E-state index < -0.39 is 0 Å². The number of aliphatic hydroxyl groups is 1. The molecule has 10 heteroatoms. The van der Waals surface area contributed by atoms with Gasteiger partial charge in [-0.3, -0.25) is 0 Å². The van der Waals surface area contributed by atoms with Crippen LogP contribution in [0.5, 0.6) is 6.01 Å². The lowest BCUT2D eigenvalue weighted by molar-refractivity contribution is -0.697. The molecule has 0 amide bonds. The normalized spacial score (nSPS) is 11.9. The Morgan fingerprint density at radius 2 is 1.27 bits per heavy atom. The van der Waals surface area contributed by atoms with Crippen molar-refractivity contribution < 1.29 is 41.0 Å². The van der Waals surface area contributed by atoms with E-state index in [-0.39, 0.29) is 25.1 Å². The number of rotatable bonds is 32. The van der Waals surface area contributed by atoms with Crippen LogP contribution < -0.4 is 21.7 Å². The zero-order valence-electron chi connectivity index (χ0n) is 28.2. The first kappa shape index (κ1) is 41.2. The first-order valence-corrected chi connectivity index (χ1v) is 17.6. The molecule has 1 atom stereocenters. The molecule has 0 bridgehead atoms. The summed E-state index contributed by atoms with van der Waals surface area (Å²) in [5.41, 5.74) is 0. The van der Waals surface area contributed by atoms with Crippen LogP contribution >= 0.6 is 0 Å². The molecule has 1 N–H and O–H groups in total. The molecule has 0 saturated heterocycles. The zero-order valence-corrected chi connectivity index (χ0v) is 28.9. The van der Waals surface area contributed by atoms with E-state index in [9.17, 15) is 0 Å². The Bertz CT molecular complexity index is 877. The van der Waals surface area contributed by atoms with Crippen LogP contribution in [0.4, 0.5) is 0 Å². The number of hydrogen-bond donors (Lipinski definition) is 1. The number of aliphatic hydroxyl groups excluding tert-OH is 1. The minimum absolute atomic E-state index is 0. The molecule has 0 saturated carbocycles. The van der Waals surface area contributed by atoms with Crippen LogP contribution in [0.25, 0.3) is 0 Å². The average Bonchev–Trinajstić information content (AvgIpc) is 3.50. The smallest absolute Gasteiger partial charge is 0.316 e. The summed E-state index contributed by atoms with van der Waals surface area (Å²) in [5.74, 6) is 0. The van der Waals surface area contributed by atoms with Gasteiger partial charge in [-0.2, -0.15) is 0 Å². The van der Waals surface area contributed by atoms with Crippen molar-refractivity contribution in [3.8, 4) is 6.01 Å². The lowest BCUT2D eigenvalue weighted by Crippen LogP contribution is -3.00. The molecule has 9 nitrogen and oxygen atoms in total. The van der Waals surface area contributed by atoms with Crippen LogP contribution in [0.2, 0.25) is 0 Å². The Balaban J connectivity index is 0.0000101. The summed E-state index contributed by atoms with van der Waals surface area (Å²) >= 11 is 0. The number of nitrogens with zero attached hydrogens (tertiary/aromatic N) is 4. The molecule has 0 radical (unpaired) electrons. The molecule has 0 aliphatic heterocycles. The second-order valence-electron chi connectivity index (χ2n) is 11.8. The van der Waals surface area contributed by atoms with E-state index in [2.05, 4.69) is 26.0 Å². The molecule has 1 unspecified atom stereocenters. The summed E-state index contributed by atoms with van der Waals surface area (Å²) in [4.78, 5) is 8.36. The molecule has 0 aromatic carbocycles. The molecule has 2 heterocycles. The minimum atomic E-state index is -0.271. The van der Waals surface area contributed by atoms with Gasteiger partial charge in [-0.1, -0.05) is 103 Å². The first-order valence-electron chi connectivity index (χ1n) is 17.6. The molecule has 2 aromatic heterocycles. The van der Waals surface area contributed by atoms with Crippen LogP contribution in [0.3, 0.4) is 0 Å². The minimum Gasteiger partial charge on any atom is -1.00 e. The van der Waals surface area contributed by atoms with Crippen molar-refractivity contribution in [2.45, 2.75) is 135 Å². The zero-order chi connectivity index (χ0) is 31.2. The van der Waals surface area contributed by atoms with Crippen molar-refractivity contribution >= 4 is 0 Å². The lowest BCUT2D eigenvalue weighted by atomic mass is 10.0. The number of halogens is 1. The standard InChI is InChI=1S/C35H63N4O5.ClH/c1-2-3-4-5-6-7-8-9-10-11-12-13-14-15-16-17-27-42-31-34(44-35-36-20-18-21-37-35)32-43-30-29-41-28-25-39-24-23-38(33-39)22-19-26-40;/h18,20-21,23-24,33-34,40H,2-17,19,22,25-32H2,1H3;1H/q+1;/p-1. The summed E-state index contributed by atoms with van der Waals surface area (Å²) in [6.45, 7) is 7.26. The molecule has 260 valence electrons. The molecule has 0 aliphatic carbocycles. The maximum absolute atomic E-state index is 8.96. The van der Waals surface area contributed by atoms with Gasteiger partial charge in [0.2, 0.25) is 6.33 Å². The third-order valence-electron chi connectivity index (χ3n) is 7.75. The van der Waals surface area contributed by atoms with E-state index in [1.807, 2.05) is 18.7 Å².